The molecule has 17 heavy (non-hydrogen) atoms. The smallest absolute Gasteiger partial charge is 0.325 e. The predicted molar refractivity (Wildman–Crippen MR) is 70.1 cm³/mol. The molecule has 1 heterocycles. The highest BCUT2D eigenvalue weighted by Crippen LogP contribution is 2.28. The van der Waals surface area contributed by atoms with Crippen molar-refractivity contribution in [1.82, 2.24) is 0 Å². The van der Waals surface area contributed by atoms with Crippen molar-refractivity contribution < 1.29 is 9.53 Å². The third-order valence-electron chi connectivity index (χ3n) is 2.77. The Morgan fingerprint density at radius 1 is 1.47 bits per heavy atom. The third-order valence-corrected chi connectivity index (χ3v) is 3.78. The Morgan fingerprint density at radius 2 is 2.18 bits per heavy atom. The first-order chi connectivity index (χ1) is 8.04. The Labute approximate surface area is 104 Å². The number of rotatable bonds is 3. The third kappa shape index (κ3) is 2.33. The lowest BCUT2D eigenvalue weighted by molar-refractivity contribution is -0.146. The van der Waals surface area contributed by atoms with Crippen molar-refractivity contribution in [3.63, 3.8) is 0 Å². The zero-order valence-corrected chi connectivity index (χ0v) is 10.7. The number of methoxy groups -OCH3 is 1. The van der Waals surface area contributed by atoms with E-state index in [2.05, 4.69) is 17.5 Å². The molecule has 0 bridgehead atoms. The van der Waals surface area contributed by atoms with Crippen molar-refractivity contribution >= 4 is 27.4 Å². The second-order valence-corrected chi connectivity index (χ2v) is 5.25. The summed E-state index contributed by atoms with van der Waals surface area (Å²) in [5.41, 5.74) is 6.11. The zero-order valence-electron chi connectivity index (χ0n) is 9.90. The Morgan fingerprint density at radius 3 is 2.88 bits per heavy atom. The van der Waals surface area contributed by atoms with E-state index in [1.807, 2.05) is 12.1 Å². The van der Waals surface area contributed by atoms with Crippen LogP contribution < -0.4 is 5.73 Å². The maximum Gasteiger partial charge on any atom is 0.325 e. The number of nitrogens with two attached hydrogens (primary N) is 1. The lowest BCUT2D eigenvalue weighted by Crippen LogP contribution is -2.47. The highest BCUT2D eigenvalue weighted by molar-refractivity contribution is 7.17. The first kappa shape index (κ1) is 12.1. The maximum atomic E-state index is 11.6. The second-order valence-electron chi connectivity index (χ2n) is 4.34. The average Bonchev–Trinajstić information content (AvgIpc) is 2.71. The molecule has 2 rings (SSSR count). The van der Waals surface area contributed by atoms with Crippen LogP contribution in [0.4, 0.5) is 0 Å². The number of carbonyl (C=O) groups is 1. The van der Waals surface area contributed by atoms with Gasteiger partial charge in [-0.1, -0.05) is 18.2 Å². The van der Waals surface area contributed by atoms with Crippen molar-refractivity contribution in [2.45, 2.75) is 18.9 Å². The van der Waals surface area contributed by atoms with E-state index in [9.17, 15) is 4.79 Å². The molecule has 1 aromatic heterocycles. The number of fused-ring (bicyclic) bond motifs is 1. The quantitative estimate of drug-likeness (QED) is 0.849. The summed E-state index contributed by atoms with van der Waals surface area (Å²) < 4.78 is 5.93. The highest BCUT2D eigenvalue weighted by Gasteiger charge is 2.30. The molecule has 0 aliphatic carbocycles. The minimum absolute atomic E-state index is 0.382. The molecule has 0 unspecified atom stereocenters. The summed E-state index contributed by atoms with van der Waals surface area (Å²) in [5.74, 6) is -0.382. The zero-order chi connectivity index (χ0) is 12.5. The molecule has 4 heteroatoms. The molecule has 0 saturated heterocycles. The molecule has 1 aromatic carbocycles. The van der Waals surface area contributed by atoms with Gasteiger partial charge in [-0.3, -0.25) is 4.79 Å². The standard InChI is InChI=1S/C13H15NO2S/c1-13(14,12(15)16-2)7-9-8-17-11-6-4-3-5-10(9)11/h3-6,8H,7,14H2,1-2H3/t13-/m0/s1. The van der Waals surface area contributed by atoms with Gasteiger partial charge < -0.3 is 10.5 Å². The lowest BCUT2D eigenvalue weighted by atomic mass is 9.94. The number of ether oxygens (including phenoxy) is 1. The largest absolute Gasteiger partial charge is 0.468 e. The molecule has 2 N–H and O–H groups in total. The summed E-state index contributed by atoms with van der Waals surface area (Å²) in [4.78, 5) is 11.6. The molecule has 0 aliphatic rings. The minimum Gasteiger partial charge on any atom is -0.468 e. The van der Waals surface area contributed by atoms with Crippen LogP contribution in [0, 0.1) is 0 Å². The average molecular weight is 249 g/mol. The summed E-state index contributed by atoms with van der Waals surface area (Å²) in [6, 6.07) is 8.11. The fraction of sp³-hybridized carbons (Fsp3) is 0.308. The molecule has 1 atom stereocenters. The van der Waals surface area contributed by atoms with Gasteiger partial charge in [0.25, 0.3) is 0 Å². The van der Waals surface area contributed by atoms with Gasteiger partial charge in [0.05, 0.1) is 7.11 Å². The van der Waals surface area contributed by atoms with Gasteiger partial charge in [-0.15, -0.1) is 11.3 Å². The number of hydrogen-bond acceptors (Lipinski definition) is 4. The minimum atomic E-state index is -0.974. The monoisotopic (exact) mass is 249 g/mol. The summed E-state index contributed by atoms with van der Waals surface area (Å²) >= 11 is 1.67. The van der Waals surface area contributed by atoms with Crippen LogP contribution in [0.3, 0.4) is 0 Å². The Hall–Kier alpha value is -1.39. The molecule has 0 aliphatic heterocycles. The van der Waals surface area contributed by atoms with E-state index in [0.29, 0.717) is 6.42 Å². The van der Waals surface area contributed by atoms with Crippen LogP contribution in [0.1, 0.15) is 12.5 Å². The highest BCUT2D eigenvalue weighted by atomic mass is 32.1. The number of hydrogen-bond donors (Lipinski definition) is 1. The molecular formula is C13H15NO2S. The fourth-order valence-corrected chi connectivity index (χ4v) is 2.83. The SMILES string of the molecule is COC(=O)[C@@](C)(N)Cc1csc2ccccc12. The number of benzene rings is 1. The van der Waals surface area contributed by atoms with Crippen molar-refractivity contribution in [1.29, 1.82) is 0 Å². The Bertz CT molecular complexity index is 545. The maximum absolute atomic E-state index is 11.6. The van der Waals surface area contributed by atoms with E-state index in [4.69, 9.17) is 10.5 Å². The van der Waals surface area contributed by atoms with Gasteiger partial charge in [-0.05, 0) is 29.3 Å². The van der Waals surface area contributed by atoms with E-state index >= 15 is 0 Å². The van der Waals surface area contributed by atoms with Crippen LogP contribution in [-0.4, -0.2) is 18.6 Å². The normalized spacial score (nSPS) is 14.5. The Kier molecular flexibility index (Phi) is 3.17. The topological polar surface area (TPSA) is 52.3 Å². The first-order valence-corrected chi connectivity index (χ1v) is 6.25. The van der Waals surface area contributed by atoms with Crippen LogP contribution in [0.5, 0.6) is 0 Å². The van der Waals surface area contributed by atoms with Gasteiger partial charge in [0.15, 0.2) is 0 Å². The van der Waals surface area contributed by atoms with E-state index < -0.39 is 5.54 Å². The van der Waals surface area contributed by atoms with Gasteiger partial charge in [0.1, 0.15) is 5.54 Å². The molecule has 0 spiro atoms. The van der Waals surface area contributed by atoms with Crippen LogP contribution in [-0.2, 0) is 16.0 Å². The van der Waals surface area contributed by atoms with Crippen molar-refractivity contribution in [3.8, 4) is 0 Å². The van der Waals surface area contributed by atoms with Gasteiger partial charge in [0.2, 0.25) is 0 Å². The van der Waals surface area contributed by atoms with Crippen molar-refractivity contribution in [3.05, 3.63) is 35.2 Å². The van der Waals surface area contributed by atoms with E-state index in [-0.39, 0.29) is 5.97 Å². The Balaban J connectivity index is 2.33. The fourth-order valence-electron chi connectivity index (χ4n) is 1.87. The van der Waals surface area contributed by atoms with Crippen LogP contribution in [0.25, 0.3) is 10.1 Å². The molecule has 0 radical (unpaired) electrons. The van der Waals surface area contributed by atoms with Crippen molar-refractivity contribution in [2.75, 3.05) is 7.11 Å². The van der Waals surface area contributed by atoms with E-state index in [1.165, 1.54) is 11.8 Å². The van der Waals surface area contributed by atoms with E-state index in [1.54, 1.807) is 18.3 Å². The summed E-state index contributed by atoms with van der Waals surface area (Å²) in [5, 5.41) is 3.22. The van der Waals surface area contributed by atoms with Gasteiger partial charge in [-0.2, -0.15) is 0 Å². The summed E-state index contributed by atoms with van der Waals surface area (Å²) in [6.07, 6.45) is 0.490. The molecule has 0 fully saturated rings. The predicted octanol–water partition coefficient (Wildman–Crippen LogP) is 2.33. The number of carbonyl (C=O) groups excluding carboxylic acids is 1. The second kappa shape index (κ2) is 4.47. The van der Waals surface area contributed by atoms with E-state index in [0.717, 1.165) is 10.9 Å². The molecular weight excluding hydrogens is 234 g/mol. The van der Waals surface area contributed by atoms with Crippen LogP contribution in [0.2, 0.25) is 0 Å². The van der Waals surface area contributed by atoms with Gasteiger partial charge >= 0.3 is 5.97 Å². The van der Waals surface area contributed by atoms with Crippen LogP contribution >= 0.6 is 11.3 Å². The van der Waals surface area contributed by atoms with Crippen molar-refractivity contribution in [2.24, 2.45) is 5.73 Å². The van der Waals surface area contributed by atoms with Gasteiger partial charge in [0, 0.05) is 11.1 Å². The van der Waals surface area contributed by atoms with Gasteiger partial charge in [-0.25, -0.2) is 0 Å². The number of thiophene rings is 1. The summed E-state index contributed by atoms with van der Waals surface area (Å²) in [7, 11) is 1.36. The molecule has 2 aromatic rings. The molecule has 90 valence electrons. The number of esters is 1. The summed E-state index contributed by atoms with van der Waals surface area (Å²) in [6.45, 7) is 1.70. The molecule has 0 amide bonds. The lowest BCUT2D eigenvalue weighted by Gasteiger charge is -2.20. The molecule has 0 saturated carbocycles. The molecule has 3 nitrogen and oxygen atoms in total. The van der Waals surface area contributed by atoms with Crippen LogP contribution in [0.15, 0.2) is 29.6 Å². The first-order valence-electron chi connectivity index (χ1n) is 5.37.